The third kappa shape index (κ3) is 5.55. The first-order chi connectivity index (χ1) is 14.5. The number of benzene rings is 3. The van der Waals surface area contributed by atoms with Crippen LogP contribution in [0.5, 0.6) is 0 Å². The lowest BCUT2D eigenvalue weighted by atomic mass is 10.1. The molecule has 3 rings (SSSR count). The van der Waals surface area contributed by atoms with E-state index in [9.17, 15) is 4.79 Å². The number of anilines is 2. The minimum absolute atomic E-state index is 0.220. The van der Waals surface area contributed by atoms with Gasteiger partial charge in [0.25, 0.3) is 5.91 Å². The van der Waals surface area contributed by atoms with Crippen LogP contribution < -0.4 is 11.1 Å². The molecule has 0 saturated carbocycles. The molecular weight excluding hydrogens is 417 g/mol. The van der Waals surface area contributed by atoms with Crippen molar-refractivity contribution in [3.05, 3.63) is 93.5 Å². The van der Waals surface area contributed by atoms with Gasteiger partial charge >= 0.3 is 0 Å². The van der Waals surface area contributed by atoms with Crippen LogP contribution in [0.4, 0.5) is 11.4 Å². The molecular formula is C24H21Cl2N3O. The molecule has 30 heavy (non-hydrogen) atoms. The van der Waals surface area contributed by atoms with Gasteiger partial charge in [-0.05, 0) is 42.0 Å². The maximum Gasteiger partial charge on any atom is 0.255 e. The fourth-order valence-electron chi connectivity index (χ4n) is 3.03. The van der Waals surface area contributed by atoms with E-state index in [1.165, 1.54) is 0 Å². The van der Waals surface area contributed by atoms with E-state index >= 15 is 0 Å². The van der Waals surface area contributed by atoms with Crippen molar-refractivity contribution in [2.24, 2.45) is 0 Å². The van der Waals surface area contributed by atoms with Crippen molar-refractivity contribution in [1.82, 2.24) is 4.90 Å². The van der Waals surface area contributed by atoms with Gasteiger partial charge in [0, 0.05) is 34.3 Å². The lowest BCUT2D eigenvalue weighted by Crippen LogP contribution is -2.23. The van der Waals surface area contributed by atoms with Gasteiger partial charge in [0.05, 0.1) is 17.9 Å². The van der Waals surface area contributed by atoms with E-state index in [0.717, 1.165) is 11.1 Å². The van der Waals surface area contributed by atoms with Gasteiger partial charge in [0.15, 0.2) is 0 Å². The predicted octanol–water partition coefficient (Wildman–Crippen LogP) is 5.46. The van der Waals surface area contributed by atoms with Gasteiger partial charge in [0.2, 0.25) is 0 Å². The Kier molecular flexibility index (Phi) is 7.37. The Labute approximate surface area is 186 Å². The highest BCUT2D eigenvalue weighted by Crippen LogP contribution is 2.26. The highest BCUT2D eigenvalue weighted by Gasteiger charge is 2.13. The van der Waals surface area contributed by atoms with Crippen molar-refractivity contribution in [1.29, 1.82) is 0 Å². The number of halogens is 2. The number of nitrogens with zero attached hydrogens (tertiary/aromatic N) is 1. The summed E-state index contributed by atoms with van der Waals surface area (Å²) in [5.41, 5.74) is 9.39. The Balaban J connectivity index is 1.69. The smallest absolute Gasteiger partial charge is 0.255 e. The Hall–Kier alpha value is -2.97. The van der Waals surface area contributed by atoms with Crippen molar-refractivity contribution in [2.75, 3.05) is 17.6 Å². The number of nitrogens with one attached hydrogen (secondary N) is 1. The van der Waals surface area contributed by atoms with Gasteiger partial charge in [-0.1, -0.05) is 59.5 Å². The Morgan fingerprint density at radius 3 is 2.27 bits per heavy atom. The number of nitrogens with two attached hydrogens (primary N) is 1. The van der Waals surface area contributed by atoms with Crippen LogP contribution in [0.25, 0.3) is 0 Å². The van der Waals surface area contributed by atoms with Crippen LogP contribution in [0.3, 0.4) is 0 Å². The van der Waals surface area contributed by atoms with E-state index in [0.29, 0.717) is 46.6 Å². The van der Waals surface area contributed by atoms with Gasteiger partial charge in [-0.25, -0.2) is 0 Å². The van der Waals surface area contributed by atoms with Crippen molar-refractivity contribution in [3.63, 3.8) is 0 Å². The molecule has 0 radical (unpaired) electrons. The Bertz CT molecular complexity index is 1050. The molecule has 1 amide bonds. The first kappa shape index (κ1) is 21.7. The third-order valence-electron chi connectivity index (χ3n) is 4.59. The zero-order chi connectivity index (χ0) is 21.5. The van der Waals surface area contributed by atoms with E-state index in [1.54, 1.807) is 24.3 Å². The monoisotopic (exact) mass is 437 g/mol. The fraction of sp³-hybridized carbons (Fsp3) is 0.125. The van der Waals surface area contributed by atoms with E-state index < -0.39 is 0 Å². The largest absolute Gasteiger partial charge is 0.397 e. The lowest BCUT2D eigenvalue weighted by molar-refractivity contribution is 0.102. The zero-order valence-corrected chi connectivity index (χ0v) is 17.8. The number of carbonyl (C=O) groups is 1. The number of para-hydroxylation sites is 2. The van der Waals surface area contributed by atoms with Crippen LogP contribution in [0.15, 0.2) is 66.7 Å². The number of rotatable bonds is 7. The molecule has 4 nitrogen and oxygen atoms in total. The van der Waals surface area contributed by atoms with Gasteiger partial charge < -0.3 is 11.1 Å². The number of hydrogen-bond donors (Lipinski definition) is 2. The van der Waals surface area contributed by atoms with Crippen LogP contribution >= 0.6 is 23.2 Å². The van der Waals surface area contributed by atoms with Crippen LogP contribution in [-0.2, 0) is 13.1 Å². The standard InChI is InChI=1S/C24H21Cl2N3O/c1-2-14-29(16-19-20(25)6-5-7-21(19)26)15-17-10-12-18(13-11-17)24(30)28-23-9-4-3-8-22(23)27/h1,3-13H,14-16,27H2,(H,28,30). The second-order valence-corrected chi connectivity index (χ2v) is 7.60. The molecule has 0 aliphatic carbocycles. The molecule has 0 spiro atoms. The Morgan fingerprint density at radius 2 is 1.63 bits per heavy atom. The minimum Gasteiger partial charge on any atom is -0.397 e. The summed E-state index contributed by atoms with van der Waals surface area (Å²) in [6.45, 7) is 1.56. The van der Waals surface area contributed by atoms with Crippen LogP contribution in [0.2, 0.25) is 10.0 Å². The van der Waals surface area contributed by atoms with Crippen molar-refractivity contribution < 1.29 is 4.79 Å². The molecule has 0 unspecified atom stereocenters. The quantitative estimate of drug-likeness (QED) is 0.380. The third-order valence-corrected chi connectivity index (χ3v) is 5.30. The Morgan fingerprint density at radius 1 is 0.967 bits per heavy atom. The SMILES string of the molecule is C#CCN(Cc1ccc(C(=O)Nc2ccccc2N)cc1)Cc1c(Cl)cccc1Cl. The highest BCUT2D eigenvalue weighted by molar-refractivity contribution is 6.35. The summed E-state index contributed by atoms with van der Waals surface area (Å²) in [7, 11) is 0. The number of nitrogen functional groups attached to an aromatic ring is 1. The molecule has 152 valence electrons. The molecule has 0 aromatic heterocycles. The van der Waals surface area contributed by atoms with Crippen LogP contribution in [0, 0.1) is 12.3 Å². The molecule has 0 saturated heterocycles. The zero-order valence-electron chi connectivity index (χ0n) is 16.2. The normalized spacial score (nSPS) is 10.6. The minimum atomic E-state index is -0.220. The number of terminal acetylenes is 1. The van der Waals surface area contributed by atoms with E-state index in [2.05, 4.69) is 16.1 Å². The molecule has 0 fully saturated rings. The first-order valence-corrected chi connectivity index (χ1v) is 10.1. The molecule has 3 aromatic rings. The van der Waals surface area contributed by atoms with E-state index in [4.69, 9.17) is 35.4 Å². The first-order valence-electron chi connectivity index (χ1n) is 9.31. The second-order valence-electron chi connectivity index (χ2n) is 6.79. The van der Waals surface area contributed by atoms with Crippen molar-refractivity contribution in [3.8, 4) is 12.3 Å². The number of hydrogen-bond acceptors (Lipinski definition) is 3. The molecule has 6 heteroatoms. The fourth-order valence-corrected chi connectivity index (χ4v) is 3.55. The van der Waals surface area contributed by atoms with Crippen molar-refractivity contribution >= 4 is 40.5 Å². The number of carbonyl (C=O) groups excluding carboxylic acids is 1. The highest BCUT2D eigenvalue weighted by atomic mass is 35.5. The van der Waals surface area contributed by atoms with Gasteiger partial charge in [-0.3, -0.25) is 9.69 Å². The van der Waals surface area contributed by atoms with Crippen LogP contribution in [0.1, 0.15) is 21.5 Å². The summed E-state index contributed by atoms with van der Waals surface area (Å²) in [6, 6.07) is 19.9. The number of amides is 1. The van der Waals surface area contributed by atoms with Crippen molar-refractivity contribution in [2.45, 2.75) is 13.1 Å². The summed E-state index contributed by atoms with van der Waals surface area (Å²) >= 11 is 12.6. The molecule has 0 bridgehead atoms. The summed E-state index contributed by atoms with van der Waals surface area (Å²) in [4.78, 5) is 14.5. The molecule has 3 aromatic carbocycles. The van der Waals surface area contributed by atoms with Gasteiger partial charge in [-0.15, -0.1) is 6.42 Å². The average Bonchev–Trinajstić information content (AvgIpc) is 2.73. The second kappa shape index (κ2) is 10.2. The van der Waals surface area contributed by atoms with E-state index in [-0.39, 0.29) is 5.91 Å². The lowest BCUT2D eigenvalue weighted by Gasteiger charge is -2.21. The van der Waals surface area contributed by atoms with Gasteiger partial charge in [0.1, 0.15) is 0 Å². The molecule has 3 N–H and O–H groups in total. The molecule has 0 atom stereocenters. The maximum absolute atomic E-state index is 12.5. The topological polar surface area (TPSA) is 58.4 Å². The van der Waals surface area contributed by atoms with Crippen LogP contribution in [-0.4, -0.2) is 17.4 Å². The molecule has 0 aliphatic heterocycles. The predicted molar refractivity (Wildman–Crippen MR) is 125 cm³/mol. The van der Waals surface area contributed by atoms with Gasteiger partial charge in [-0.2, -0.15) is 0 Å². The summed E-state index contributed by atoms with van der Waals surface area (Å²) < 4.78 is 0. The molecule has 0 heterocycles. The van der Waals surface area contributed by atoms with E-state index in [1.807, 2.05) is 42.5 Å². The summed E-state index contributed by atoms with van der Waals surface area (Å²) in [6.07, 6.45) is 5.54. The average molecular weight is 438 g/mol. The summed E-state index contributed by atoms with van der Waals surface area (Å²) in [5.74, 6) is 2.45. The maximum atomic E-state index is 12.5. The summed E-state index contributed by atoms with van der Waals surface area (Å²) in [5, 5.41) is 4.04. The molecule has 0 aliphatic rings.